The number of rotatable bonds is 5. The number of benzene rings is 1. The van der Waals surface area contributed by atoms with Crippen molar-refractivity contribution in [3.8, 4) is 5.75 Å². The van der Waals surface area contributed by atoms with E-state index in [0.717, 1.165) is 6.42 Å². The minimum Gasteiger partial charge on any atom is -0.493 e. The van der Waals surface area contributed by atoms with Crippen molar-refractivity contribution in [2.75, 3.05) is 20.3 Å². The van der Waals surface area contributed by atoms with Gasteiger partial charge < -0.3 is 19.5 Å². The zero-order chi connectivity index (χ0) is 16.8. The molecule has 0 radical (unpaired) electrons. The van der Waals surface area contributed by atoms with Crippen LogP contribution >= 0.6 is 0 Å². The third-order valence-electron chi connectivity index (χ3n) is 3.89. The quantitative estimate of drug-likeness (QED) is 0.834. The van der Waals surface area contributed by atoms with Crippen molar-refractivity contribution >= 4 is 11.9 Å². The summed E-state index contributed by atoms with van der Waals surface area (Å²) in [5.41, 5.74) is 0.422. The molecule has 1 fully saturated rings. The van der Waals surface area contributed by atoms with Crippen molar-refractivity contribution in [1.82, 2.24) is 4.90 Å². The van der Waals surface area contributed by atoms with Crippen molar-refractivity contribution in [3.63, 3.8) is 0 Å². The smallest absolute Gasteiger partial charge is 0.328 e. The first-order chi connectivity index (χ1) is 11.1. The molecular formula is C17H23NO5. The summed E-state index contributed by atoms with van der Waals surface area (Å²) in [5, 5.41) is 9.79. The normalized spacial score (nSPS) is 20.9. The Kier molecular flexibility index (Phi) is 5.98. The number of esters is 1. The summed E-state index contributed by atoms with van der Waals surface area (Å²) in [4.78, 5) is 26.3. The monoisotopic (exact) mass is 321 g/mol. The molecule has 23 heavy (non-hydrogen) atoms. The second kappa shape index (κ2) is 7.97. The number of amides is 1. The number of hydrogen-bond donors (Lipinski definition) is 1. The molecule has 1 N–H and O–H groups in total. The number of hydrogen-bond acceptors (Lipinski definition) is 5. The molecule has 126 valence electrons. The Balaban J connectivity index is 2.25. The van der Waals surface area contributed by atoms with E-state index < -0.39 is 18.1 Å². The summed E-state index contributed by atoms with van der Waals surface area (Å²) >= 11 is 0. The van der Waals surface area contributed by atoms with E-state index in [0.29, 0.717) is 30.9 Å². The molecule has 2 atom stereocenters. The van der Waals surface area contributed by atoms with Crippen LogP contribution in [0.15, 0.2) is 24.3 Å². The van der Waals surface area contributed by atoms with Gasteiger partial charge in [-0.25, -0.2) is 4.79 Å². The Hall–Kier alpha value is -2.08. The van der Waals surface area contributed by atoms with Crippen LogP contribution in [0.4, 0.5) is 0 Å². The number of para-hydroxylation sites is 1. The molecule has 1 heterocycles. The first-order valence-electron chi connectivity index (χ1n) is 7.87. The van der Waals surface area contributed by atoms with Crippen molar-refractivity contribution in [1.29, 1.82) is 0 Å². The minimum absolute atomic E-state index is 0.191. The fraction of sp³-hybridized carbons (Fsp3) is 0.529. The first kappa shape index (κ1) is 17.3. The number of ether oxygens (including phenoxy) is 2. The summed E-state index contributed by atoms with van der Waals surface area (Å²) in [7, 11) is 1.28. The second-order valence-corrected chi connectivity index (χ2v) is 5.56. The first-order valence-corrected chi connectivity index (χ1v) is 7.87. The number of piperidine rings is 1. The molecule has 1 amide bonds. The van der Waals surface area contributed by atoms with Gasteiger partial charge in [0, 0.05) is 13.0 Å². The Bertz CT molecular complexity index is 560. The summed E-state index contributed by atoms with van der Waals surface area (Å²) in [5.74, 6) is -0.280. The number of methoxy groups -OCH3 is 1. The van der Waals surface area contributed by atoms with Crippen LogP contribution in [0.1, 0.15) is 36.5 Å². The lowest BCUT2D eigenvalue weighted by Crippen LogP contribution is -2.51. The highest BCUT2D eigenvalue weighted by molar-refractivity contribution is 5.99. The lowest BCUT2D eigenvalue weighted by Gasteiger charge is -2.36. The summed E-state index contributed by atoms with van der Waals surface area (Å²) in [6, 6.07) is 6.23. The lowest BCUT2D eigenvalue weighted by atomic mass is 9.98. The van der Waals surface area contributed by atoms with Gasteiger partial charge in [0.25, 0.3) is 5.91 Å². The molecule has 0 saturated carbocycles. The molecule has 0 aliphatic carbocycles. The molecule has 0 bridgehead atoms. The molecule has 1 aromatic carbocycles. The SMILES string of the molecule is CCCOc1ccccc1C(=O)N1CC[C@@H](O)C[C@H]1C(=O)OC. The van der Waals surface area contributed by atoms with Crippen LogP contribution in [-0.4, -0.2) is 54.3 Å². The van der Waals surface area contributed by atoms with Gasteiger partial charge in [-0.2, -0.15) is 0 Å². The number of nitrogens with zero attached hydrogens (tertiary/aromatic N) is 1. The van der Waals surface area contributed by atoms with Gasteiger partial charge in [0.1, 0.15) is 11.8 Å². The summed E-state index contributed by atoms with van der Waals surface area (Å²) < 4.78 is 10.4. The van der Waals surface area contributed by atoms with Crippen LogP contribution in [-0.2, 0) is 9.53 Å². The van der Waals surface area contributed by atoms with Crippen LogP contribution in [0.2, 0.25) is 0 Å². The van der Waals surface area contributed by atoms with E-state index in [1.54, 1.807) is 24.3 Å². The van der Waals surface area contributed by atoms with Crippen LogP contribution in [0.3, 0.4) is 0 Å². The summed E-state index contributed by atoms with van der Waals surface area (Å²) in [6.45, 7) is 2.81. The zero-order valence-corrected chi connectivity index (χ0v) is 13.5. The van der Waals surface area contributed by atoms with E-state index in [1.807, 2.05) is 6.92 Å². The molecule has 1 aliphatic heterocycles. The average Bonchev–Trinajstić information content (AvgIpc) is 2.58. The van der Waals surface area contributed by atoms with Gasteiger partial charge >= 0.3 is 5.97 Å². The minimum atomic E-state index is -0.768. The van der Waals surface area contributed by atoms with E-state index in [9.17, 15) is 14.7 Å². The fourth-order valence-electron chi connectivity index (χ4n) is 2.69. The highest BCUT2D eigenvalue weighted by Gasteiger charge is 2.37. The molecular weight excluding hydrogens is 298 g/mol. The highest BCUT2D eigenvalue weighted by Crippen LogP contribution is 2.25. The third-order valence-corrected chi connectivity index (χ3v) is 3.89. The predicted molar refractivity (Wildman–Crippen MR) is 84.3 cm³/mol. The highest BCUT2D eigenvalue weighted by atomic mass is 16.5. The maximum atomic E-state index is 12.9. The van der Waals surface area contributed by atoms with Gasteiger partial charge in [0.15, 0.2) is 0 Å². The van der Waals surface area contributed by atoms with E-state index in [-0.39, 0.29) is 12.3 Å². The van der Waals surface area contributed by atoms with Crippen LogP contribution < -0.4 is 4.74 Å². The summed E-state index contributed by atoms with van der Waals surface area (Å²) in [6.07, 6.45) is 0.867. The molecule has 0 spiro atoms. The average molecular weight is 321 g/mol. The van der Waals surface area contributed by atoms with Gasteiger partial charge in [0.05, 0.1) is 25.4 Å². The Morgan fingerprint density at radius 3 is 2.78 bits per heavy atom. The van der Waals surface area contributed by atoms with E-state index in [2.05, 4.69) is 0 Å². The van der Waals surface area contributed by atoms with Crippen molar-refractivity contribution in [2.24, 2.45) is 0 Å². The topological polar surface area (TPSA) is 76.1 Å². The number of likely N-dealkylation sites (tertiary alicyclic amines) is 1. The number of carbonyl (C=O) groups excluding carboxylic acids is 2. The van der Waals surface area contributed by atoms with E-state index in [1.165, 1.54) is 12.0 Å². The Morgan fingerprint density at radius 1 is 1.35 bits per heavy atom. The molecule has 0 unspecified atom stereocenters. The zero-order valence-electron chi connectivity index (χ0n) is 13.5. The molecule has 1 saturated heterocycles. The van der Waals surface area contributed by atoms with E-state index in [4.69, 9.17) is 9.47 Å². The molecule has 6 heteroatoms. The van der Waals surface area contributed by atoms with Crippen molar-refractivity contribution in [3.05, 3.63) is 29.8 Å². The Morgan fingerprint density at radius 2 is 2.09 bits per heavy atom. The van der Waals surface area contributed by atoms with Crippen LogP contribution in [0.5, 0.6) is 5.75 Å². The lowest BCUT2D eigenvalue weighted by molar-refractivity contribution is -0.148. The number of aliphatic hydroxyl groups excluding tert-OH is 1. The van der Waals surface area contributed by atoms with Crippen LogP contribution in [0.25, 0.3) is 0 Å². The van der Waals surface area contributed by atoms with Crippen molar-refractivity contribution < 1.29 is 24.2 Å². The standard InChI is InChI=1S/C17H23NO5/c1-3-10-23-15-7-5-4-6-13(15)16(20)18-9-8-12(19)11-14(18)17(21)22-2/h4-7,12,14,19H,3,8-11H2,1-2H3/t12-,14+/m1/s1. The molecule has 1 aliphatic rings. The van der Waals surface area contributed by atoms with E-state index >= 15 is 0 Å². The van der Waals surface area contributed by atoms with Crippen LogP contribution in [0, 0.1) is 0 Å². The molecule has 6 nitrogen and oxygen atoms in total. The second-order valence-electron chi connectivity index (χ2n) is 5.56. The number of aliphatic hydroxyl groups is 1. The van der Waals surface area contributed by atoms with Crippen molar-refractivity contribution in [2.45, 2.75) is 38.3 Å². The predicted octanol–water partition coefficient (Wildman–Crippen LogP) is 1.61. The number of carbonyl (C=O) groups is 2. The van der Waals surface area contributed by atoms with Gasteiger partial charge in [-0.1, -0.05) is 19.1 Å². The largest absolute Gasteiger partial charge is 0.493 e. The maximum Gasteiger partial charge on any atom is 0.328 e. The van der Waals surface area contributed by atoms with Gasteiger partial charge in [-0.15, -0.1) is 0 Å². The third kappa shape index (κ3) is 4.01. The van der Waals surface area contributed by atoms with Gasteiger partial charge in [-0.3, -0.25) is 4.79 Å². The van der Waals surface area contributed by atoms with Gasteiger partial charge in [0.2, 0.25) is 0 Å². The Labute approximate surface area is 136 Å². The molecule has 0 aromatic heterocycles. The van der Waals surface area contributed by atoms with Gasteiger partial charge in [-0.05, 0) is 25.0 Å². The molecule has 1 aromatic rings. The maximum absolute atomic E-state index is 12.9. The fourth-order valence-corrected chi connectivity index (χ4v) is 2.69. The molecule has 2 rings (SSSR count).